The van der Waals surface area contributed by atoms with Crippen LogP contribution in [0.3, 0.4) is 0 Å². The highest BCUT2D eigenvalue weighted by atomic mass is 32.1. The first kappa shape index (κ1) is 15.1. The number of esters is 1. The van der Waals surface area contributed by atoms with Crippen molar-refractivity contribution in [2.75, 3.05) is 7.11 Å². The Balaban J connectivity index is 2.65. The van der Waals surface area contributed by atoms with Gasteiger partial charge in [0.15, 0.2) is 0 Å². The number of hydrogen-bond acceptors (Lipinski definition) is 5. The molecule has 1 aromatic heterocycles. The number of methoxy groups -OCH3 is 1. The molecule has 0 aliphatic carbocycles. The summed E-state index contributed by atoms with van der Waals surface area (Å²) >= 11 is 1.62. The summed E-state index contributed by atoms with van der Waals surface area (Å²) in [5.41, 5.74) is 0. The quantitative estimate of drug-likeness (QED) is 0.738. The van der Waals surface area contributed by atoms with Crippen LogP contribution in [0.5, 0.6) is 0 Å². The van der Waals surface area contributed by atoms with E-state index in [1.54, 1.807) is 17.5 Å². The molecule has 0 radical (unpaired) electrons. The van der Waals surface area contributed by atoms with E-state index >= 15 is 0 Å². The number of nitrogens with zero attached hydrogens (tertiary/aromatic N) is 1. The van der Waals surface area contributed by atoms with Crippen molar-refractivity contribution in [3.05, 3.63) is 16.6 Å². The monoisotopic (exact) mass is 270 g/mol. The smallest absolute Gasteiger partial charge is 0.322 e. The topological polar surface area (TPSA) is 51.2 Å². The Hall–Kier alpha value is -0.940. The zero-order valence-electron chi connectivity index (χ0n) is 11.3. The van der Waals surface area contributed by atoms with E-state index < -0.39 is 0 Å². The molecule has 102 valence electrons. The average Bonchev–Trinajstić information content (AvgIpc) is 2.92. The van der Waals surface area contributed by atoms with Gasteiger partial charge in [-0.25, -0.2) is 4.98 Å². The van der Waals surface area contributed by atoms with Crippen LogP contribution in [0, 0.1) is 0 Å². The van der Waals surface area contributed by atoms with E-state index in [2.05, 4.69) is 24.1 Å². The molecular formula is C13H22N2O2S. The Kier molecular flexibility index (Phi) is 6.90. The van der Waals surface area contributed by atoms with Gasteiger partial charge in [0.2, 0.25) is 0 Å². The fourth-order valence-electron chi connectivity index (χ4n) is 1.83. The van der Waals surface area contributed by atoms with Gasteiger partial charge in [-0.1, -0.05) is 26.7 Å². The molecule has 1 rings (SSSR count). The minimum Gasteiger partial charge on any atom is -0.468 e. The SMILES string of the molecule is CCCCC(NC(CC)c1nccs1)C(=O)OC. The van der Waals surface area contributed by atoms with E-state index in [1.807, 2.05) is 5.38 Å². The Morgan fingerprint density at radius 2 is 2.33 bits per heavy atom. The van der Waals surface area contributed by atoms with Crippen molar-refractivity contribution in [3.8, 4) is 0 Å². The first-order valence-electron chi connectivity index (χ1n) is 6.46. The van der Waals surface area contributed by atoms with Crippen LogP contribution < -0.4 is 5.32 Å². The lowest BCUT2D eigenvalue weighted by atomic mass is 10.1. The third-order valence-corrected chi connectivity index (χ3v) is 3.78. The molecule has 0 amide bonds. The fraction of sp³-hybridized carbons (Fsp3) is 0.692. The largest absolute Gasteiger partial charge is 0.468 e. The van der Waals surface area contributed by atoms with E-state index in [4.69, 9.17) is 4.74 Å². The Morgan fingerprint density at radius 1 is 1.56 bits per heavy atom. The highest BCUT2D eigenvalue weighted by molar-refractivity contribution is 7.09. The highest BCUT2D eigenvalue weighted by Crippen LogP contribution is 2.20. The van der Waals surface area contributed by atoms with Gasteiger partial charge in [0, 0.05) is 11.6 Å². The summed E-state index contributed by atoms with van der Waals surface area (Å²) in [6, 6.07) is -0.102. The molecule has 0 saturated heterocycles. The number of ether oxygens (including phenoxy) is 1. The second-order valence-electron chi connectivity index (χ2n) is 4.22. The van der Waals surface area contributed by atoms with Gasteiger partial charge in [-0.05, 0) is 12.8 Å². The molecule has 5 heteroatoms. The molecular weight excluding hydrogens is 248 g/mol. The number of carbonyl (C=O) groups excluding carboxylic acids is 1. The van der Waals surface area contributed by atoms with Gasteiger partial charge >= 0.3 is 5.97 Å². The number of aromatic nitrogens is 1. The minimum atomic E-state index is -0.233. The van der Waals surface area contributed by atoms with Gasteiger partial charge in [0.1, 0.15) is 11.0 Å². The molecule has 0 bridgehead atoms. The molecule has 0 aromatic carbocycles. The molecule has 0 aliphatic rings. The van der Waals surface area contributed by atoms with Crippen molar-refractivity contribution in [1.82, 2.24) is 10.3 Å². The summed E-state index contributed by atoms with van der Waals surface area (Å²) < 4.78 is 4.85. The van der Waals surface area contributed by atoms with Gasteiger partial charge in [-0.3, -0.25) is 10.1 Å². The number of unbranched alkanes of at least 4 members (excludes halogenated alkanes) is 1. The van der Waals surface area contributed by atoms with Gasteiger partial charge in [0.05, 0.1) is 13.2 Å². The van der Waals surface area contributed by atoms with Crippen molar-refractivity contribution in [2.24, 2.45) is 0 Å². The lowest BCUT2D eigenvalue weighted by molar-refractivity contribution is -0.143. The van der Waals surface area contributed by atoms with Crippen molar-refractivity contribution in [3.63, 3.8) is 0 Å². The molecule has 0 spiro atoms. The molecule has 1 N–H and O–H groups in total. The zero-order chi connectivity index (χ0) is 13.4. The average molecular weight is 270 g/mol. The lowest BCUT2D eigenvalue weighted by Gasteiger charge is -2.21. The lowest BCUT2D eigenvalue weighted by Crippen LogP contribution is -2.39. The van der Waals surface area contributed by atoms with E-state index in [0.717, 1.165) is 30.7 Å². The second-order valence-corrected chi connectivity index (χ2v) is 5.14. The third kappa shape index (κ3) is 4.38. The van der Waals surface area contributed by atoms with Gasteiger partial charge in [-0.15, -0.1) is 11.3 Å². The molecule has 0 fully saturated rings. The minimum absolute atomic E-state index is 0.131. The van der Waals surface area contributed by atoms with Crippen molar-refractivity contribution < 1.29 is 9.53 Å². The summed E-state index contributed by atoms with van der Waals surface area (Å²) in [6.07, 6.45) is 5.60. The molecule has 4 nitrogen and oxygen atoms in total. The normalized spacial score (nSPS) is 14.2. The maximum atomic E-state index is 11.7. The van der Waals surface area contributed by atoms with Crippen LogP contribution >= 0.6 is 11.3 Å². The number of carbonyl (C=O) groups is 1. The molecule has 1 aromatic rings. The number of rotatable bonds is 8. The molecule has 0 aliphatic heterocycles. The van der Waals surface area contributed by atoms with Crippen LogP contribution in [0.4, 0.5) is 0 Å². The van der Waals surface area contributed by atoms with Crippen LogP contribution in [-0.2, 0) is 9.53 Å². The van der Waals surface area contributed by atoms with E-state index in [9.17, 15) is 4.79 Å². The maximum Gasteiger partial charge on any atom is 0.322 e. The van der Waals surface area contributed by atoms with E-state index in [-0.39, 0.29) is 18.1 Å². The van der Waals surface area contributed by atoms with E-state index in [1.165, 1.54) is 7.11 Å². The summed E-state index contributed by atoms with van der Waals surface area (Å²) in [7, 11) is 1.44. The van der Waals surface area contributed by atoms with Gasteiger partial charge in [-0.2, -0.15) is 0 Å². The Labute approximate surface area is 113 Å². The first-order chi connectivity index (χ1) is 8.72. The standard InChI is InChI=1S/C13H22N2O2S/c1-4-6-7-11(13(16)17-3)15-10(5-2)12-14-8-9-18-12/h8-11,15H,4-7H2,1-3H3. The fourth-order valence-corrected chi connectivity index (χ4v) is 2.61. The number of hydrogen-bond donors (Lipinski definition) is 1. The summed E-state index contributed by atoms with van der Waals surface area (Å²) in [4.78, 5) is 16.0. The van der Waals surface area contributed by atoms with Crippen molar-refractivity contribution >= 4 is 17.3 Å². The maximum absolute atomic E-state index is 11.7. The predicted octanol–water partition coefficient (Wildman–Crippen LogP) is 2.92. The van der Waals surface area contributed by atoms with Crippen LogP contribution in [0.2, 0.25) is 0 Å². The predicted molar refractivity (Wildman–Crippen MR) is 73.6 cm³/mol. The van der Waals surface area contributed by atoms with E-state index in [0.29, 0.717) is 0 Å². The van der Waals surface area contributed by atoms with Crippen molar-refractivity contribution in [2.45, 2.75) is 51.6 Å². The van der Waals surface area contributed by atoms with Crippen molar-refractivity contribution in [1.29, 1.82) is 0 Å². The zero-order valence-corrected chi connectivity index (χ0v) is 12.1. The summed E-state index contributed by atoms with van der Waals surface area (Å²) in [6.45, 7) is 4.21. The number of nitrogens with one attached hydrogen (secondary N) is 1. The molecule has 2 atom stereocenters. The summed E-state index contributed by atoms with van der Waals surface area (Å²) in [5, 5.41) is 6.35. The molecule has 1 heterocycles. The van der Waals surface area contributed by atoms with Crippen LogP contribution in [0.1, 0.15) is 50.6 Å². The Bertz CT molecular complexity index is 341. The molecule has 2 unspecified atom stereocenters. The first-order valence-corrected chi connectivity index (χ1v) is 7.34. The molecule has 0 saturated carbocycles. The number of thiazole rings is 1. The Morgan fingerprint density at radius 3 is 2.83 bits per heavy atom. The van der Waals surface area contributed by atoms with Gasteiger partial charge in [0.25, 0.3) is 0 Å². The van der Waals surface area contributed by atoms with Gasteiger partial charge < -0.3 is 4.74 Å². The highest BCUT2D eigenvalue weighted by Gasteiger charge is 2.23. The second kappa shape index (κ2) is 8.21. The van der Waals surface area contributed by atoms with Crippen LogP contribution in [0.15, 0.2) is 11.6 Å². The summed E-state index contributed by atoms with van der Waals surface area (Å²) in [5.74, 6) is -0.182. The third-order valence-electron chi connectivity index (χ3n) is 2.89. The van der Waals surface area contributed by atoms with Crippen LogP contribution in [-0.4, -0.2) is 24.1 Å². The molecule has 18 heavy (non-hydrogen) atoms. The van der Waals surface area contributed by atoms with Crippen LogP contribution in [0.25, 0.3) is 0 Å².